The molecule has 0 unspecified atom stereocenters. The molecule has 0 saturated carbocycles. The Hall–Kier alpha value is -1.87. The maximum atomic E-state index is 12.7. The van der Waals surface area contributed by atoms with E-state index >= 15 is 0 Å². The number of amides is 1. The van der Waals surface area contributed by atoms with E-state index in [1.807, 2.05) is 11.5 Å². The Kier molecular flexibility index (Phi) is 7.93. The van der Waals surface area contributed by atoms with E-state index in [1.54, 1.807) is 6.92 Å². The molecule has 30 heavy (non-hydrogen) atoms. The number of fused-ring (bicyclic) bond motifs is 1. The van der Waals surface area contributed by atoms with Crippen molar-refractivity contribution in [1.29, 1.82) is 0 Å². The minimum absolute atomic E-state index is 0.154. The molecule has 1 aliphatic rings. The first kappa shape index (κ1) is 22.8. The van der Waals surface area contributed by atoms with Crippen LogP contribution in [0.3, 0.4) is 0 Å². The first-order valence-corrected chi connectivity index (χ1v) is 12.4. The van der Waals surface area contributed by atoms with E-state index in [4.69, 9.17) is 4.74 Å². The van der Waals surface area contributed by atoms with Crippen molar-refractivity contribution in [2.24, 2.45) is 0 Å². The van der Waals surface area contributed by atoms with Gasteiger partial charge in [0.25, 0.3) is 0 Å². The molecule has 0 bridgehead atoms. The van der Waals surface area contributed by atoms with Crippen LogP contribution < -0.4 is 5.32 Å². The normalized spacial score (nSPS) is 13.8. The number of hydrogen-bond donors (Lipinski definition) is 1. The zero-order chi connectivity index (χ0) is 21.7. The lowest BCUT2D eigenvalue weighted by molar-refractivity contribution is -0.113. The lowest BCUT2D eigenvalue weighted by Crippen LogP contribution is -2.17. The van der Waals surface area contributed by atoms with Crippen LogP contribution in [0.2, 0.25) is 0 Å². The van der Waals surface area contributed by atoms with E-state index in [0.29, 0.717) is 17.2 Å². The average molecular weight is 451 g/mol. The largest absolute Gasteiger partial charge is 0.462 e. The summed E-state index contributed by atoms with van der Waals surface area (Å²) >= 11 is 2.89. The van der Waals surface area contributed by atoms with Gasteiger partial charge in [0.1, 0.15) is 10.8 Å². The summed E-state index contributed by atoms with van der Waals surface area (Å²) in [6.45, 7) is 9.08. The van der Waals surface area contributed by atoms with Gasteiger partial charge < -0.3 is 14.6 Å². The Morgan fingerprint density at radius 1 is 1.20 bits per heavy atom. The van der Waals surface area contributed by atoms with Crippen LogP contribution in [0.5, 0.6) is 0 Å². The van der Waals surface area contributed by atoms with Crippen LogP contribution in [0, 0.1) is 0 Å². The van der Waals surface area contributed by atoms with Gasteiger partial charge in [0.05, 0.1) is 17.9 Å². The van der Waals surface area contributed by atoms with Crippen LogP contribution in [0.25, 0.3) is 0 Å². The number of thiophene rings is 1. The standard InChI is InChI=1S/C21H30N4O3S2/c1-5-25-18(13(3)4)23-24-21(25)29-12-16(26)22-19-17(20(27)28-6-2)14-10-8-7-9-11-15(14)30-19/h13H,5-12H2,1-4H3,(H,22,26). The summed E-state index contributed by atoms with van der Waals surface area (Å²) in [5.41, 5.74) is 1.61. The molecule has 7 nitrogen and oxygen atoms in total. The van der Waals surface area contributed by atoms with Crippen LogP contribution in [0.4, 0.5) is 5.00 Å². The summed E-state index contributed by atoms with van der Waals surface area (Å²) in [6.07, 6.45) is 5.16. The summed E-state index contributed by atoms with van der Waals surface area (Å²) in [6, 6.07) is 0. The predicted octanol–water partition coefficient (Wildman–Crippen LogP) is 4.66. The molecule has 2 heterocycles. The fraction of sp³-hybridized carbons (Fsp3) is 0.619. The number of anilines is 1. The number of carbonyl (C=O) groups excluding carboxylic acids is 2. The van der Waals surface area contributed by atoms with E-state index in [1.165, 1.54) is 34.4 Å². The fourth-order valence-corrected chi connectivity index (χ4v) is 5.78. The monoisotopic (exact) mass is 450 g/mol. The molecule has 0 saturated heterocycles. The third-order valence-electron chi connectivity index (χ3n) is 5.06. The second-order valence-electron chi connectivity index (χ2n) is 7.57. The minimum Gasteiger partial charge on any atom is -0.462 e. The number of nitrogens with one attached hydrogen (secondary N) is 1. The van der Waals surface area contributed by atoms with Gasteiger partial charge in [0.15, 0.2) is 5.16 Å². The maximum Gasteiger partial charge on any atom is 0.341 e. The molecular weight excluding hydrogens is 420 g/mol. The quantitative estimate of drug-likeness (QED) is 0.358. The number of aryl methyl sites for hydroxylation is 1. The van der Waals surface area contributed by atoms with Gasteiger partial charge in [-0.15, -0.1) is 21.5 Å². The van der Waals surface area contributed by atoms with Crippen molar-refractivity contribution in [2.45, 2.75) is 77.4 Å². The molecule has 164 valence electrons. The van der Waals surface area contributed by atoms with Gasteiger partial charge >= 0.3 is 5.97 Å². The lowest BCUT2D eigenvalue weighted by atomic mass is 10.1. The van der Waals surface area contributed by atoms with Crippen molar-refractivity contribution >= 4 is 40.0 Å². The van der Waals surface area contributed by atoms with Gasteiger partial charge in [0, 0.05) is 17.3 Å². The highest BCUT2D eigenvalue weighted by molar-refractivity contribution is 7.99. The van der Waals surface area contributed by atoms with Crippen molar-refractivity contribution < 1.29 is 14.3 Å². The Morgan fingerprint density at radius 2 is 1.97 bits per heavy atom. The zero-order valence-electron chi connectivity index (χ0n) is 18.1. The van der Waals surface area contributed by atoms with Gasteiger partial charge in [-0.1, -0.05) is 32.0 Å². The van der Waals surface area contributed by atoms with Gasteiger partial charge in [0.2, 0.25) is 5.91 Å². The molecule has 0 radical (unpaired) electrons. The van der Waals surface area contributed by atoms with Gasteiger partial charge in [-0.25, -0.2) is 4.79 Å². The Bertz CT molecular complexity index is 904. The smallest absolute Gasteiger partial charge is 0.341 e. The number of carbonyl (C=O) groups is 2. The molecule has 0 fully saturated rings. The highest BCUT2D eigenvalue weighted by Gasteiger charge is 2.26. The molecule has 3 rings (SSSR count). The Labute approximate surface area is 186 Å². The van der Waals surface area contributed by atoms with E-state index in [9.17, 15) is 9.59 Å². The van der Waals surface area contributed by atoms with Crippen LogP contribution in [-0.2, 0) is 28.9 Å². The molecule has 1 N–H and O–H groups in total. The fourth-order valence-electron chi connectivity index (χ4n) is 3.67. The summed E-state index contributed by atoms with van der Waals surface area (Å²) < 4.78 is 7.33. The second-order valence-corrected chi connectivity index (χ2v) is 9.61. The van der Waals surface area contributed by atoms with E-state index < -0.39 is 0 Å². The Morgan fingerprint density at radius 3 is 2.67 bits per heavy atom. The maximum absolute atomic E-state index is 12.7. The summed E-state index contributed by atoms with van der Waals surface area (Å²) in [5.74, 6) is 0.910. The minimum atomic E-state index is -0.341. The van der Waals surface area contributed by atoms with Crippen molar-refractivity contribution in [3.8, 4) is 0 Å². The first-order valence-electron chi connectivity index (χ1n) is 10.6. The summed E-state index contributed by atoms with van der Waals surface area (Å²) in [5, 5.41) is 12.8. The third kappa shape index (κ3) is 5.06. The highest BCUT2D eigenvalue weighted by atomic mass is 32.2. The molecule has 0 aliphatic heterocycles. The van der Waals surface area contributed by atoms with Crippen molar-refractivity contribution in [3.05, 3.63) is 21.8 Å². The van der Waals surface area contributed by atoms with Crippen LogP contribution in [0.1, 0.15) is 79.5 Å². The number of esters is 1. The van der Waals surface area contributed by atoms with Gasteiger partial charge in [-0.05, 0) is 45.1 Å². The van der Waals surface area contributed by atoms with E-state index in [0.717, 1.165) is 48.8 Å². The second kappa shape index (κ2) is 10.4. The molecule has 1 aliphatic carbocycles. The van der Waals surface area contributed by atoms with Crippen molar-refractivity contribution in [2.75, 3.05) is 17.7 Å². The first-order chi connectivity index (χ1) is 14.5. The molecule has 0 spiro atoms. The highest BCUT2D eigenvalue weighted by Crippen LogP contribution is 2.38. The number of hydrogen-bond acceptors (Lipinski definition) is 7. The van der Waals surface area contributed by atoms with Crippen LogP contribution in [-0.4, -0.2) is 39.0 Å². The number of nitrogens with zero attached hydrogens (tertiary/aromatic N) is 3. The summed E-state index contributed by atoms with van der Waals surface area (Å²) in [7, 11) is 0. The lowest BCUT2D eigenvalue weighted by Gasteiger charge is -2.10. The van der Waals surface area contributed by atoms with Crippen molar-refractivity contribution in [1.82, 2.24) is 14.8 Å². The molecule has 1 amide bonds. The van der Waals surface area contributed by atoms with Gasteiger partial charge in [-0.3, -0.25) is 4.79 Å². The average Bonchev–Trinajstić information content (AvgIpc) is 3.20. The van der Waals surface area contributed by atoms with E-state index in [-0.39, 0.29) is 23.5 Å². The van der Waals surface area contributed by atoms with Gasteiger partial charge in [-0.2, -0.15) is 0 Å². The molecular formula is C21H30N4O3S2. The SMILES string of the molecule is CCOC(=O)c1c(NC(=O)CSc2nnc(C(C)C)n2CC)sc2c1CCCCC2. The topological polar surface area (TPSA) is 86.1 Å². The number of aromatic nitrogens is 3. The van der Waals surface area contributed by atoms with Crippen LogP contribution in [0.15, 0.2) is 5.16 Å². The number of ether oxygens (including phenoxy) is 1. The van der Waals surface area contributed by atoms with E-state index in [2.05, 4.69) is 29.4 Å². The molecule has 9 heteroatoms. The predicted molar refractivity (Wildman–Crippen MR) is 121 cm³/mol. The molecule has 0 aromatic carbocycles. The molecule has 2 aromatic heterocycles. The number of rotatable bonds is 8. The molecule has 2 aromatic rings. The van der Waals surface area contributed by atoms with Crippen LogP contribution >= 0.6 is 23.1 Å². The zero-order valence-corrected chi connectivity index (χ0v) is 19.8. The molecule has 0 atom stereocenters. The third-order valence-corrected chi connectivity index (χ3v) is 7.24. The summed E-state index contributed by atoms with van der Waals surface area (Å²) in [4.78, 5) is 26.5. The van der Waals surface area contributed by atoms with Crippen molar-refractivity contribution in [3.63, 3.8) is 0 Å². The Balaban J connectivity index is 1.74. The number of thioether (sulfide) groups is 1.